The molecule has 0 unspecified atom stereocenters. The number of hydrogen-bond acceptors (Lipinski definition) is 6. The van der Waals surface area contributed by atoms with E-state index in [4.69, 9.17) is 18.9 Å². The van der Waals surface area contributed by atoms with Crippen LogP contribution in [-0.2, 0) is 28.5 Å². The van der Waals surface area contributed by atoms with E-state index >= 15 is 0 Å². The molecule has 0 aliphatic rings. The summed E-state index contributed by atoms with van der Waals surface area (Å²) in [5.41, 5.74) is 0. The third-order valence-corrected chi connectivity index (χ3v) is 2.37. The molecule has 0 atom stereocenters. The van der Waals surface area contributed by atoms with Crippen molar-refractivity contribution >= 4 is 11.8 Å². The van der Waals surface area contributed by atoms with Crippen molar-refractivity contribution in [2.24, 2.45) is 0 Å². The molecule has 0 fully saturated rings. The van der Waals surface area contributed by atoms with Gasteiger partial charge in [0.15, 0.2) is 0 Å². The molecule has 0 saturated carbocycles. The summed E-state index contributed by atoms with van der Waals surface area (Å²) in [6.45, 7) is 7.69. The molecule has 0 radical (unpaired) electrons. The Morgan fingerprint density at radius 2 is 1.27 bits per heavy atom. The van der Waals surface area contributed by atoms with Crippen LogP contribution >= 0.6 is 0 Å². The molecule has 0 saturated heterocycles. The van der Waals surface area contributed by atoms with E-state index in [1.54, 1.807) is 0 Å². The fourth-order valence-corrected chi connectivity index (χ4v) is 1.35. The summed E-state index contributed by atoms with van der Waals surface area (Å²) < 4.78 is 20.8. The van der Waals surface area contributed by atoms with Crippen LogP contribution < -0.4 is 10.6 Å². The third kappa shape index (κ3) is 16.8. The Hall–Kier alpha value is -1.22. The molecule has 22 heavy (non-hydrogen) atoms. The van der Waals surface area contributed by atoms with Crippen LogP contribution in [0.1, 0.15) is 13.8 Å². The molecule has 0 aromatic rings. The van der Waals surface area contributed by atoms with E-state index in [2.05, 4.69) is 10.6 Å². The average Bonchev–Trinajstić information content (AvgIpc) is 2.49. The van der Waals surface area contributed by atoms with Crippen molar-refractivity contribution in [3.8, 4) is 0 Å². The maximum Gasteiger partial charge on any atom is 0.246 e. The van der Waals surface area contributed by atoms with Gasteiger partial charge in [-0.2, -0.15) is 0 Å². The van der Waals surface area contributed by atoms with Gasteiger partial charge in [0.25, 0.3) is 0 Å². The van der Waals surface area contributed by atoms with Crippen LogP contribution in [0, 0.1) is 0 Å². The van der Waals surface area contributed by atoms with Crippen molar-refractivity contribution in [1.82, 2.24) is 10.6 Å². The van der Waals surface area contributed by atoms with Crippen molar-refractivity contribution < 1.29 is 28.5 Å². The molecular formula is C14H28N2O6. The van der Waals surface area contributed by atoms with Gasteiger partial charge in [-0.25, -0.2) is 0 Å². The number of carbonyl (C=O) groups is 2. The lowest BCUT2D eigenvalue weighted by atomic mass is 10.6. The summed E-state index contributed by atoms with van der Waals surface area (Å²) in [5, 5.41) is 5.31. The quantitative estimate of drug-likeness (QED) is 0.388. The number of ether oxygens (including phenoxy) is 4. The van der Waals surface area contributed by atoms with Crippen LogP contribution in [0.25, 0.3) is 0 Å². The lowest BCUT2D eigenvalue weighted by Gasteiger charge is -2.08. The molecule has 8 nitrogen and oxygen atoms in total. The highest BCUT2D eigenvalue weighted by Gasteiger charge is 1.99. The highest BCUT2D eigenvalue weighted by atomic mass is 16.5. The smallest absolute Gasteiger partial charge is 0.246 e. The summed E-state index contributed by atoms with van der Waals surface area (Å²) >= 11 is 0. The zero-order valence-corrected chi connectivity index (χ0v) is 13.5. The van der Waals surface area contributed by atoms with Crippen LogP contribution in [0.4, 0.5) is 0 Å². The fourth-order valence-electron chi connectivity index (χ4n) is 1.35. The predicted molar refractivity (Wildman–Crippen MR) is 80.6 cm³/mol. The second kappa shape index (κ2) is 16.2. The standard InChI is InChI=1S/C14H28N2O6/c1-3-19-12-14(18)16-5-7-21-9-11-22-10-8-20-6-4-15-13(2)17/h3-12H2,1-2H3,(H,15,17)(H,16,18). The number of amides is 2. The molecule has 0 aliphatic heterocycles. The normalized spacial score (nSPS) is 10.5. The van der Waals surface area contributed by atoms with Gasteiger partial charge in [0.2, 0.25) is 11.8 Å². The molecule has 0 aromatic heterocycles. The minimum Gasteiger partial charge on any atom is -0.377 e. The minimum atomic E-state index is -0.141. The van der Waals surface area contributed by atoms with Gasteiger partial charge in [-0.3, -0.25) is 9.59 Å². The molecule has 0 rings (SSSR count). The van der Waals surface area contributed by atoms with Crippen LogP contribution in [0.15, 0.2) is 0 Å². The second-order valence-corrected chi connectivity index (χ2v) is 4.31. The first-order chi connectivity index (χ1) is 10.7. The number of carbonyl (C=O) groups excluding carboxylic acids is 2. The first-order valence-electron chi connectivity index (χ1n) is 7.49. The van der Waals surface area contributed by atoms with Crippen LogP contribution in [0.2, 0.25) is 0 Å². The largest absolute Gasteiger partial charge is 0.377 e. The molecule has 0 spiro atoms. The minimum absolute atomic E-state index is 0.0638. The van der Waals surface area contributed by atoms with Gasteiger partial charge >= 0.3 is 0 Å². The highest BCUT2D eigenvalue weighted by molar-refractivity contribution is 5.77. The van der Waals surface area contributed by atoms with E-state index in [0.717, 1.165) is 0 Å². The van der Waals surface area contributed by atoms with E-state index in [0.29, 0.717) is 59.3 Å². The van der Waals surface area contributed by atoms with Crippen molar-refractivity contribution in [2.75, 3.05) is 65.9 Å². The molecule has 0 bridgehead atoms. The SMILES string of the molecule is CCOCC(=O)NCCOCCOCCOCCNC(C)=O. The molecule has 0 aliphatic carbocycles. The first kappa shape index (κ1) is 20.8. The monoisotopic (exact) mass is 320 g/mol. The highest BCUT2D eigenvalue weighted by Crippen LogP contribution is 1.81. The molecule has 2 N–H and O–H groups in total. The maximum atomic E-state index is 11.2. The summed E-state index contributed by atoms with van der Waals surface area (Å²) in [4.78, 5) is 21.7. The molecule has 130 valence electrons. The predicted octanol–water partition coefficient (Wildman–Crippen LogP) is -0.675. The van der Waals surface area contributed by atoms with Crippen molar-refractivity contribution in [2.45, 2.75) is 13.8 Å². The van der Waals surface area contributed by atoms with E-state index in [-0.39, 0.29) is 18.4 Å². The summed E-state index contributed by atoms with van der Waals surface area (Å²) in [6.07, 6.45) is 0. The third-order valence-electron chi connectivity index (χ3n) is 2.37. The fraction of sp³-hybridized carbons (Fsp3) is 0.857. The number of rotatable bonds is 15. The summed E-state index contributed by atoms with van der Waals surface area (Å²) in [6, 6.07) is 0. The molecule has 0 heterocycles. The van der Waals surface area contributed by atoms with Gasteiger partial charge in [-0.15, -0.1) is 0 Å². The Morgan fingerprint density at radius 1 is 0.773 bits per heavy atom. The molecule has 0 aromatic carbocycles. The molecule has 2 amide bonds. The zero-order chi connectivity index (χ0) is 16.5. The Bertz CT molecular complexity index is 289. The maximum absolute atomic E-state index is 11.2. The van der Waals surface area contributed by atoms with Gasteiger partial charge in [0, 0.05) is 26.6 Å². The Kier molecular flexibility index (Phi) is 15.3. The summed E-state index contributed by atoms with van der Waals surface area (Å²) in [5.74, 6) is -0.204. The zero-order valence-electron chi connectivity index (χ0n) is 13.5. The van der Waals surface area contributed by atoms with Gasteiger partial charge in [0.1, 0.15) is 6.61 Å². The van der Waals surface area contributed by atoms with Crippen molar-refractivity contribution in [1.29, 1.82) is 0 Å². The Balaban J connectivity index is 3.08. The summed E-state index contributed by atoms with van der Waals surface area (Å²) in [7, 11) is 0. The number of nitrogens with one attached hydrogen (secondary N) is 2. The lowest BCUT2D eigenvalue weighted by molar-refractivity contribution is -0.125. The van der Waals surface area contributed by atoms with Crippen LogP contribution in [0.5, 0.6) is 0 Å². The first-order valence-corrected chi connectivity index (χ1v) is 7.49. The molecule has 8 heteroatoms. The van der Waals surface area contributed by atoms with Crippen molar-refractivity contribution in [3.63, 3.8) is 0 Å². The van der Waals surface area contributed by atoms with Gasteiger partial charge in [-0.05, 0) is 6.92 Å². The van der Waals surface area contributed by atoms with Crippen molar-refractivity contribution in [3.05, 3.63) is 0 Å². The van der Waals surface area contributed by atoms with Gasteiger partial charge in [0.05, 0.1) is 39.6 Å². The van der Waals surface area contributed by atoms with Crippen LogP contribution in [0.3, 0.4) is 0 Å². The van der Waals surface area contributed by atoms with E-state index in [9.17, 15) is 9.59 Å². The molecular weight excluding hydrogens is 292 g/mol. The Morgan fingerprint density at radius 3 is 1.77 bits per heavy atom. The topological polar surface area (TPSA) is 95.1 Å². The van der Waals surface area contributed by atoms with E-state index in [1.165, 1.54) is 6.92 Å². The average molecular weight is 320 g/mol. The van der Waals surface area contributed by atoms with E-state index < -0.39 is 0 Å². The lowest BCUT2D eigenvalue weighted by Crippen LogP contribution is -2.30. The Labute approximate surface area is 131 Å². The van der Waals surface area contributed by atoms with Gasteiger partial charge in [-0.1, -0.05) is 0 Å². The van der Waals surface area contributed by atoms with Gasteiger partial charge < -0.3 is 29.6 Å². The van der Waals surface area contributed by atoms with E-state index in [1.807, 2.05) is 6.92 Å². The number of hydrogen-bond donors (Lipinski definition) is 2. The second-order valence-electron chi connectivity index (χ2n) is 4.31. The van der Waals surface area contributed by atoms with Crippen LogP contribution in [-0.4, -0.2) is 77.8 Å².